The van der Waals surface area contributed by atoms with E-state index in [0.29, 0.717) is 5.92 Å². The first-order valence-corrected chi connectivity index (χ1v) is 5.92. The number of aliphatic hydroxyl groups is 1. The average Bonchev–Trinajstić information content (AvgIpc) is 2.11. The molecular formula is C12H24N2O2. The number of hydrogen-bond acceptors (Lipinski definition) is 3. The Labute approximate surface area is 98.2 Å². The Morgan fingerprint density at radius 1 is 1.50 bits per heavy atom. The van der Waals surface area contributed by atoms with Gasteiger partial charge in [0.25, 0.3) is 0 Å². The van der Waals surface area contributed by atoms with Crippen molar-refractivity contribution >= 4 is 5.91 Å². The zero-order valence-corrected chi connectivity index (χ0v) is 11.0. The second kappa shape index (κ2) is 4.72. The van der Waals surface area contributed by atoms with Crippen molar-refractivity contribution in [2.45, 2.75) is 39.3 Å². The van der Waals surface area contributed by atoms with Gasteiger partial charge in [0.1, 0.15) is 6.04 Å². The number of nitrogens with zero attached hydrogens (tertiary/aromatic N) is 2. The van der Waals surface area contributed by atoms with Crippen LogP contribution in [0.3, 0.4) is 0 Å². The smallest absolute Gasteiger partial charge is 0.242 e. The Bertz CT molecular complexity index is 264. The third kappa shape index (κ3) is 2.55. The van der Waals surface area contributed by atoms with Crippen LogP contribution in [0.15, 0.2) is 0 Å². The van der Waals surface area contributed by atoms with Crippen molar-refractivity contribution < 1.29 is 9.90 Å². The molecule has 1 unspecified atom stereocenters. The molecule has 1 heterocycles. The lowest BCUT2D eigenvalue weighted by atomic mass is 9.94. The van der Waals surface area contributed by atoms with Gasteiger partial charge in [-0.05, 0) is 26.8 Å². The van der Waals surface area contributed by atoms with Crippen LogP contribution in [-0.4, -0.2) is 59.1 Å². The van der Waals surface area contributed by atoms with Crippen LogP contribution in [0.5, 0.6) is 0 Å². The van der Waals surface area contributed by atoms with Crippen molar-refractivity contribution in [1.82, 2.24) is 9.80 Å². The van der Waals surface area contributed by atoms with Crippen LogP contribution in [-0.2, 0) is 4.79 Å². The van der Waals surface area contributed by atoms with E-state index in [4.69, 9.17) is 0 Å². The maximum absolute atomic E-state index is 12.2. The summed E-state index contributed by atoms with van der Waals surface area (Å²) >= 11 is 0. The highest BCUT2D eigenvalue weighted by molar-refractivity contribution is 5.83. The second-order valence-corrected chi connectivity index (χ2v) is 5.77. The van der Waals surface area contributed by atoms with Crippen LogP contribution in [0, 0.1) is 5.92 Å². The highest BCUT2D eigenvalue weighted by Crippen LogP contribution is 2.25. The largest absolute Gasteiger partial charge is 0.394 e. The third-order valence-electron chi connectivity index (χ3n) is 3.17. The summed E-state index contributed by atoms with van der Waals surface area (Å²) in [7, 11) is 1.90. The van der Waals surface area contributed by atoms with E-state index in [-0.39, 0.29) is 24.1 Å². The first-order chi connectivity index (χ1) is 7.29. The molecule has 0 aromatic heterocycles. The van der Waals surface area contributed by atoms with Crippen molar-refractivity contribution in [3.05, 3.63) is 0 Å². The summed E-state index contributed by atoms with van der Waals surface area (Å²) in [6.45, 7) is 9.84. The van der Waals surface area contributed by atoms with E-state index in [1.165, 1.54) is 0 Å². The quantitative estimate of drug-likeness (QED) is 0.767. The monoisotopic (exact) mass is 228 g/mol. The van der Waals surface area contributed by atoms with Crippen molar-refractivity contribution in [1.29, 1.82) is 0 Å². The van der Waals surface area contributed by atoms with Gasteiger partial charge in [0.05, 0.1) is 6.61 Å². The summed E-state index contributed by atoms with van der Waals surface area (Å²) in [6.07, 6.45) is 0. The fourth-order valence-electron chi connectivity index (χ4n) is 2.39. The molecule has 0 bridgehead atoms. The molecule has 0 aliphatic carbocycles. The van der Waals surface area contributed by atoms with Gasteiger partial charge < -0.3 is 10.0 Å². The Balaban J connectivity index is 2.89. The van der Waals surface area contributed by atoms with Crippen LogP contribution in [0.4, 0.5) is 0 Å². The zero-order chi connectivity index (χ0) is 12.5. The molecule has 0 spiro atoms. The molecule has 1 saturated heterocycles. The van der Waals surface area contributed by atoms with E-state index in [1.54, 1.807) is 0 Å². The van der Waals surface area contributed by atoms with E-state index >= 15 is 0 Å². The summed E-state index contributed by atoms with van der Waals surface area (Å²) in [5, 5.41) is 9.26. The van der Waals surface area contributed by atoms with Gasteiger partial charge >= 0.3 is 0 Å². The van der Waals surface area contributed by atoms with Crippen LogP contribution >= 0.6 is 0 Å². The maximum Gasteiger partial charge on any atom is 0.242 e. The van der Waals surface area contributed by atoms with Gasteiger partial charge in [-0.3, -0.25) is 9.69 Å². The molecule has 4 nitrogen and oxygen atoms in total. The highest BCUT2D eigenvalue weighted by atomic mass is 16.3. The van der Waals surface area contributed by atoms with E-state index in [9.17, 15) is 9.90 Å². The predicted molar refractivity (Wildman–Crippen MR) is 64.1 cm³/mol. The molecule has 0 radical (unpaired) electrons. The summed E-state index contributed by atoms with van der Waals surface area (Å²) in [6, 6.07) is -0.369. The minimum absolute atomic E-state index is 0.0509. The fraction of sp³-hybridized carbons (Fsp3) is 0.917. The molecule has 1 aliphatic rings. The molecule has 1 N–H and O–H groups in total. The van der Waals surface area contributed by atoms with E-state index in [1.807, 2.05) is 16.8 Å². The van der Waals surface area contributed by atoms with Crippen LogP contribution in [0.2, 0.25) is 0 Å². The molecule has 0 aromatic carbocycles. The molecule has 1 aliphatic heterocycles. The van der Waals surface area contributed by atoms with Crippen LogP contribution in [0.1, 0.15) is 27.7 Å². The number of amides is 1. The van der Waals surface area contributed by atoms with E-state index < -0.39 is 0 Å². The number of carbonyl (C=O) groups is 1. The number of likely N-dealkylation sites (N-methyl/N-ethyl adjacent to an activating group) is 1. The molecule has 1 rings (SSSR count). The molecule has 16 heavy (non-hydrogen) atoms. The SMILES string of the molecule is CC(C)CN1C(=O)C(CO)N(C)CC1(C)C. The van der Waals surface area contributed by atoms with Crippen molar-refractivity contribution in [3.63, 3.8) is 0 Å². The summed E-state index contributed by atoms with van der Waals surface area (Å²) in [5.41, 5.74) is -0.151. The lowest BCUT2D eigenvalue weighted by Gasteiger charge is -2.49. The van der Waals surface area contributed by atoms with Gasteiger partial charge in [0.15, 0.2) is 0 Å². The van der Waals surface area contributed by atoms with Gasteiger partial charge in [-0.15, -0.1) is 0 Å². The summed E-state index contributed by atoms with van der Waals surface area (Å²) in [5.74, 6) is 0.501. The molecule has 1 amide bonds. The molecule has 1 atom stereocenters. The number of rotatable bonds is 3. The van der Waals surface area contributed by atoms with Crippen molar-refractivity contribution in [2.75, 3.05) is 26.7 Å². The highest BCUT2D eigenvalue weighted by Gasteiger charge is 2.42. The van der Waals surface area contributed by atoms with E-state index in [2.05, 4.69) is 27.7 Å². The fourth-order valence-corrected chi connectivity index (χ4v) is 2.39. The van der Waals surface area contributed by atoms with Crippen LogP contribution in [0.25, 0.3) is 0 Å². The van der Waals surface area contributed by atoms with Gasteiger partial charge in [-0.2, -0.15) is 0 Å². The Morgan fingerprint density at radius 3 is 2.50 bits per heavy atom. The molecular weight excluding hydrogens is 204 g/mol. The third-order valence-corrected chi connectivity index (χ3v) is 3.17. The summed E-state index contributed by atoms with van der Waals surface area (Å²) in [4.78, 5) is 16.1. The Hall–Kier alpha value is -0.610. The topological polar surface area (TPSA) is 43.8 Å². The van der Waals surface area contributed by atoms with Gasteiger partial charge in [0.2, 0.25) is 5.91 Å². The first kappa shape index (κ1) is 13.5. The number of hydrogen-bond donors (Lipinski definition) is 1. The van der Waals surface area contributed by atoms with Gasteiger partial charge in [-0.25, -0.2) is 0 Å². The Kier molecular flexibility index (Phi) is 3.97. The predicted octanol–water partition coefficient (Wildman–Crippen LogP) is 0.556. The average molecular weight is 228 g/mol. The van der Waals surface area contributed by atoms with Crippen molar-refractivity contribution in [3.8, 4) is 0 Å². The number of carbonyl (C=O) groups excluding carboxylic acids is 1. The van der Waals surface area contributed by atoms with E-state index in [0.717, 1.165) is 13.1 Å². The van der Waals surface area contributed by atoms with Gasteiger partial charge in [-0.1, -0.05) is 13.8 Å². The standard InChI is InChI=1S/C12H24N2O2/c1-9(2)6-14-11(16)10(7-15)13(5)8-12(14,3)4/h9-10,15H,6-8H2,1-5H3. The normalized spacial score (nSPS) is 26.6. The lowest BCUT2D eigenvalue weighted by Crippen LogP contribution is -2.66. The maximum atomic E-state index is 12.2. The molecule has 0 aromatic rings. The molecule has 94 valence electrons. The zero-order valence-electron chi connectivity index (χ0n) is 11.0. The van der Waals surface area contributed by atoms with Crippen LogP contribution < -0.4 is 0 Å². The van der Waals surface area contributed by atoms with Crippen molar-refractivity contribution in [2.24, 2.45) is 5.92 Å². The number of piperazine rings is 1. The molecule has 0 saturated carbocycles. The number of aliphatic hydroxyl groups excluding tert-OH is 1. The lowest BCUT2D eigenvalue weighted by molar-refractivity contribution is -0.153. The summed E-state index contributed by atoms with van der Waals surface area (Å²) < 4.78 is 0. The van der Waals surface area contributed by atoms with Gasteiger partial charge in [0, 0.05) is 18.6 Å². The minimum Gasteiger partial charge on any atom is -0.394 e. The Morgan fingerprint density at radius 2 is 2.06 bits per heavy atom. The minimum atomic E-state index is -0.369. The molecule has 1 fully saturated rings. The second-order valence-electron chi connectivity index (χ2n) is 5.77. The first-order valence-electron chi connectivity index (χ1n) is 5.92. The molecule has 4 heteroatoms.